The van der Waals surface area contributed by atoms with Crippen molar-refractivity contribution in [2.45, 2.75) is 6.92 Å². The largest absolute Gasteiger partial charge is 0.326 e. The first-order chi connectivity index (χ1) is 13.1. The molecule has 0 fully saturated rings. The predicted octanol–water partition coefficient (Wildman–Crippen LogP) is 4.12. The van der Waals surface area contributed by atoms with E-state index >= 15 is 0 Å². The number of anilines is 1. The molecule has 2 heterocycles. The van der Waals surface area contributed by atoms with E-state index in [-0.39, 0.29) is 5.91 Å². The quantitative estimate of drug-likeness (QED) is 0.579. The van der Waals surface area contributed by atoms with Crippen LogP contribution in [0.1, 0.15) is 12.5 Å². The van der Waals surface area contributed by atoms with E-state index in [0.717, 1.165) is 33.6 Å². The number of hydrogen-bond acceptors (Lipinski definition) is 4. The number of benzene rings is 2. The number of H-pyrrole nitrogens is 1. The maximum absolute atomic E-state index is 11.3. The van der Waals surface area contributed by atoms with Gasteiger partial charge in [-0.05, 0) is 36.4 Å². The lowest BCUT2D eigenvalue weighted by Gasteiger charge is -2.06. The number of carbonyl (C=O) groups excluding carboxylic acids is 1. The molecule has 6 nitrogen and oxygen atoms in total. The summed E-state index contributed by atoms with van der Waals surface area (Å²) in [6.45, 7) is 1.48. The van der Waals surface area contributed by atoms with Crippen LogP contribution < -0.4 is 5.32 Å². The Balaban J connectivity index is 1.72. The second kappa shape index (κ2) is 6.73. The van der Waals surface area contributed by atoms with Crippen molar-refractivity contribution in [1.82, 2.24) is 15.2 Å². The highest BCUT2D eigenvalue weighted by molar-refractivity contribution is 5.92. The molecule has 0 bridgehead atoms. The summed E-state index contributed by atoms with van der Waals surface area (Å²) in [5, 5.41) is 20.0. The zero-order valence-electron chi connectivity index (χ0n) is 14.5. The number of nitriles is 1. The first-order valence-corrected chi connectivity index (χ1v) is 8.38. The molecule has 0 aliphatic rings. The van der Waals surface area contributed by atoms with Gasteiger partial charge in [-0.25, -0.2) is 4.98 Å². The minimum Gasteiger partial charge on any atom is -0.326 e. The van der Waals surface area contributed by atoms with Crippen LogP contribution in [-0.2, 0) is 4.79 Å². The Morgan fingerprint density at radius 2 is 1.89 bits per heavy atom. The second-order valence-electron chi connectivity index (χ2n) is 6.12. The van der Waals surface area contributed by atoms with Gasteiger partial charge in [-0.15, -0.1) is 0 Å². The molecule has 2 N–H and O–H groups in total. The molecular weight excluding hydrogens is 338 g/mol. The van der Waals surface area contributed by atoms with E-state index in [9.17, 15) is 4.79 Å². The molecule has 130 valence electrons. The van der Waals surface area contributed by atoms with Gasteiger partial charge in [0, 0.05) is 29.1 Å². The van der Waals surface area contributed by atoms with Gasteiger partial charge >= 0.3 is 0 Å². The predicted molar refractivity (Wildman–Crippen MR) is 104 cm³/mol. The van der Waals surface area contributed by atoms with E-state index in [1.165, 1.54) is 6.92 Å². The molecule has 2 aromatic heterocycles. The minimum absolute atomic E-state index is 0.115. The summed E-state index contributed by atoms with van der Waals surface area (Å²) in [6.07, 6.45) is 0. The summed E-state index contributed by atoms with van der Waals surface area (Å²) in [4.78, 5) is 15.9. The molecule has 4 aromatic rings. The number of aromatic amines is 1. The van der Waals surface area contributed by atoms with Crippen LogP contribution in [0, 0.1) is 11.3 Å². The van der Waals surface area contributed by atoms with Gasteiger partial charge in [-0.1, -0.05) is 24.3 Å². The molecule has 1 amide bonds. The SMILES string of the molecule is CC(=O)Nc1cccc(-c2ccc3c(-c4ccc(C#N)cc4)n[nH]c3n2)c1. The van der Waals surface area contributed by atoms with Crippen molar-refractivity contribution in [3.05, 3.63) is 66.2 Å². The highest BCUT2D eigenvalue weighted by Gasteiger charge is 2.11. The third-order valence-corrected chi connectivity index (χ3v) is 4.19. The summed E-state index contributed by atoms with van der Waals surface area (Å²) in [6, 6.07) is 20.8. The molecule has 0 aliphatic heterocycles. The van der Waals surface area contributed by atoms with Crippen LogP contribution in [0.4, 0.5) is 5.69 Å². The van der Waals surface area contributed by atoms with Crippen molar-refractivity contribution in [3.63, 3.8) is 0 Å². The van der Waals surface area contributed by atoms with E-state index in [4.69, 9.17) is 5.26 Å². The fourth-order valence-corrected chi connectivity index (χ4v) is 2.95. The van der Waals surface area contributed by atoms with Crippen LogP contribution >= 0.6 is 0 Å². The molecule has 0 atom stereocenters. The van der Waals surface area contributed by atoms with Gasteiger partial charge in [-0.2, -0.15) is 10.4 Å². The van der Waals surface area contributed by atoms with E-state index in [2.05, 4.69) is 26.6 Å². The fraction of sp³-hybridized carbons (Fsp3) is 0.0476. The number of rotatable bonds is 3. The van der Waals surface area contributed by atoms with Crippen molar-refractivity contribution in [2.24, 2.45) is 0 Å². The minimum atomic E-state index is -0.115. The number of nitrogens with zero attached hydrogens (tertiary/aromatic N) is 3. The van der Waals surface area contributed by atoms with Gasteiger partial charge in [0.05, 0.1) is 17.3 Å². The normalized spacial score (nSPS) is 10.5. The zero-order valence-corrected chi connectivity index (χ0v) is 14.5. The topological polar surface area (TPSA) is 94.5 Å². The summed E-state index contributed by atoms with van der Waals surface area (Å²) < 4.78 is 0. The monoisotopic (exact) mass is 353 g/mol. The lowest BCUT2D eigenvalue weighted by molar-refractivity contribution is -0.114. The number of aromatic nitrogens is 3. The summed E-state index contributed by atoms with van der Waals surface area (Å²) in [7, 11) is 0. The maximum atomic E-state index is 11.3. The van der Waals surface area contributed by atoms with Gasteiger partial charge in [0.25, 0.3) is 0 Å². The molecule has 0 saturated heterocycles. The standard InChI is InChI=1S/C21H15N5O/c1-13(27)23-17-4-2-3-16(11-17)19-10-9-18-20(25-26-21(18)24-19)15-7-5-14(12-22)6-8-15/h2-11H,1H3,(H,23,27)(H,24,25,26). The van der Waals surface area contributed by atoms with E-state index in [1.54, 1.807) is 12.1 Å². The Hall–Kier alpha value is -3.98. The Morgan fingerprint density at radius 3 is 2.63 bits per heavy atom. The average molecular weight is 353 g/mol. The summed E-state index contributed by atoms with van der Waals surface area (Å²) in [5.41, 5.74) is 5.41. The summed E-state index contributed by atoms with van der Waals surface area (Å²) >= 11 is 0. The van der Waals surface area contributed by atoms with Crippen LogP contribution in [0.2, 0.25) is 0 Å². The van der Waals surface area contributed by atoms with Crippen molar-refractivity contribution < 1.29 is 4.79 Å². The molecule has 0 spiro atoms. The Labute approximate surface area is 155 Å². The second-order valence-corrected chi connectivity index (χ2v) is 6.12. The first kappa shape index (κ1) is 16.5. The highest BCUT2D eigenvalue weighted by atomic mass is 16.1. The number of hydrogen-bond donors (Lipinski definition) is 2. The van der Waals surface area contributed by atoms with Crippen LogP contribution in [0.15, 0.2) is 60.7 Å². The maximum Gasteiger partial charge on any atom is 0.221 e. The lowest BCUT2D eigenvalue weighted by Crippen LogP contribution is -2.05. The molecule has 4 rings (SSSR count). The molecule has 0 unspecified atom stereocenters. The van der Waals surface area contributed by atoms with Crippen molar-refractivity contribution in [1.29, 1.82) is 5.26 Å². The van der Waals surface area contributed by atoms with Gasteiger partial charge in [0.2, 0.25) is 5.91 Å². The van der Waals surface area contributed by atoms with Crippen LogP contribution in [-0.4, -0.2) is 21.1 Å². The summed E-state index contributed by atoms with van der Waals surface area (Å²) in [5.74, 6) is -0.115. The van der Waals surface area contributed by atoms with Gasteiger partial charge < -0.3 is 5.32 Å². The van der Waals surface area contributed by atoms with Crippen molar-refractivity contribution in [2.75, 3.05) is 5.32 Å². The number of fused-ring (bicyclic) bond motifs is 1. The van der Waals surface area contributed by atoms with Gasteiger partial charge in [-0.3, -0.25) is 9.89 Å². The van der Waals surface area contributed by atoms with Crippen molar-refractivity contribution >= 4 is 22.6 Å². The first-order valence-electron chi connectivity index (χ1n) is 8.38. The fourth-order valence-electron chi connectivity index (χ4n) is 2.95. The van der Waals surface area contributed by atoms with E-state index < -0.39 is 0 Å². The number of carbonyl (C=O) groups is 1. The van der Waals surface area contributed by atoms with Crippen LogP contribution in [0.5, 0.6) is 0 Å². The molecule has 27 heavy (non-hydrogen) atoms. The third-order valence-electron chi connectivity index (χ3n) is 4.19. The van der Waals surface area contributed by atoms with Crippen LogP contribution in [0.25, 0.3) is 33.5 Å². The number of amides is 1. The smallest absolute Gasteiger partial charge is 0.221 e. The van der Waals surface area contributed by atoms with Gasteiger partial charge in [0.15, 0.2) is 5.65 Å². The third kappa shape index (κ3) is 3.26. The number of pyridine rings is 1. The molecule has 2 aromatic carbocycles. The van der Waals surface area contributed by atoms with E-state index in [0.29, 0.717) is 11.2 Å². The molecule has 0 aliphatic carbocycles. The Kier molecular flexibility index (Phi) is 4.11. The molecule has 0 saturated carbocycles. The van der Waals surface area contributed by atoms with Gasteiger partial charge in [0.1, 0.15) is 5.69 Å². The Bertz CT molecular complexity index is 1190. The molecule has 0 radical (unpaired) electrons. The number of nitrogens with one attached hydrogen (secondary N) is 2. The van der Waals surface area contributed by atoms with E-state index in [1.807, 2.05) is 48.5 Å². The lowest BCUT2D eigenvalue weighted by atomic mass is 10.1. The van der Waals surface area contributed by atoms with Crippen molar-refractivity contribution in [3.8, 4) is 28.6 Å². The highest BCUT2D eigenvalue weighted by Crippen LogP contribution is 2.28. The molecular formula is C21H15N5O. The van der Waals surface area contributed by atoms with Crippen LogP contribution in [0.3, 0.4) is 0 Å². The average Bonchev–Trinajstić information content (AvgIpc) is 3.11. The zero-order chi connectivity index (χ0) is 18.8. The Morgan fingerprint density at radius 1 is 1.07 bits per heavy atom. The molecule has 6 heteroatoms.